The standard InChI is InChI=1S/C32H32N2O6S/c1-5-38-26-15-11-10-14-25(26)33-29(35)20(3)40-24-18-16-23(17-19-24)30(36)34-31-28(32(37)39-6-2)27(21(4)41-31)22-12-8-7-9-13-22/h7-20H,5-6H2,1-4H3,(H,33,35)(H,34,36). The van der Waals surface area contributed by atoms with Crippen molar-refractivity contribution in [2.45, 2.75) is 33.8 Å². The van der Waals surface area contributed by atoms with Crippen molar-refractivity contribution in [3.05, 3.63) is 94.9 Å². The molecule has 0 saturated heterocycles. The third-order valence-electron chi connectivity index (χ3n) is 6.10. The van der Waals surface area contributed by atoms with Gasteiger partial charge in [0.1, 0.15) is 22.1 Å². The van der Waals surface area contributed by atoms with Gasteiger partial charge < -0.3 is 24.8 Å². The van der Waals surface area contributed by atoms with Gasteiger partial charge in [0, 0.05) is 16.0 Å². The molecule has 0 fully saturated rings. The molecule has 0 spiro atoms. The number of thiophene rings is 1. The zero-order chi connectivity index (χ0) is 29.4. The first-order valence-corrected chi connectivity index (χ1v) is 14.1. The molecular weight excluding hydrogens is 540 g/mol. The van der Waals surface area contributed by atoms with E-state index in [4.69, 9.17) is 14.2 Å². The molecule has 0 aliphatic carbocycles. The number of rotatable bonds is 11. The summed E-state index contributed by atoms with van der Waals surface area (Å²) in [6, 6.07) is 23.1. The molecule has 3 aromatic carbocycles. The average Bonchev–Trinajstić information content (AvgIpc) is 3.30. The second kappa shape index (κ2) is 13.6. The van der Waals surface area contributed by atoms with Crippen LogP contribution < -0.4 is 20.1 Å². The van der Waals surface area contributed by atoms with Gasteiger partial charge in [-0.3, -0.25) is 9.59 Å². The van der Waals surface area contributed by atoms with E-state index in [-0.39, 0.29) is 18.4 Å². The van der Waals surface area contributed by atoms with Crippen molar-refractivity contribution in [2.24, 2.45) is 0 Å². The fraction of sp³-hybridized carbons (Fsp3) is 0.219. The molecule has 4 rings (SSSR count). The lowest BCUT2D eigenvalue weighted by molar-refractivity contribution is -0.122. The Bertz CT molecular complexity index is 1520. The van der Waals surface area contributed by atoms with Gasteiger partial charge in [-0.15, -0.1) is 11.3 Å². The Kier molecular flexibility index (Phi) is 9.76. The van der Waals surface area contributed by atoms with E-state index in [9.17, 15) is 14.4 Å². The molecule has 2 N–H and O–H groups in total. The van der Waals surface area contributed by atoms with Gasteiger partial charge in [0.25, 0.3) is 11.8 Å². The molecule has 4 aromatic rings. The van der Waals surface area contributed by atoms with Crippen LogP contribution in [0.25, 0.3) is 11.1 Å². The minimum Gasteiger partial charge on any atom is -0.492 e. The molecule has 0 saturated carbocycles. The van der Waals surface area contributed by atoms with Crippen LogP contribution in [0.2, 0.25) is 0 Å². The van der Waals surface area contributed by atoms with Crippen LogP contribution in [0.4, 0.5) is 10.7 Å². The zero-order valence-corrected chi connectivity index (χ0v) is 24.2. The highest BCUT2D eigenvalue weighted by Crippen LogP contribution is 2.40. The molecule has 212 valence electrons. The fourth-order valence-electron chi connectivity index (χ4n) is 4.19. The highest BCUT2D eigenvalue weighted by Gasteiger charge is 2.26. The number of ether oxygens (including phenoxy) is 3. The highest BCUT2D eigenvalue weighted by molar-refractivity contribution is 7.17. The number of anilines is 2. The first-order chi connectivity index (χ1) is 19.8. The predicted molar refractivity (Wildman–Crippen MR) is 161 cm³/mol. The van der Waals surface area contributed by atoms with Crippen molar-refractivity contribution < 1.29 is 28.6 Å². The second-order valence-corrected chi connectivity index (χ2v) is 10.2. The molecule has 1 heterocycles. The highest BCUT2D eigenvalue weighted by atomic mass is 32.1. The normalized spacial score (nSPS) is 11.3. The van der Waals surface area contributed by atoms with Gasteiger partial charge in [0.2, 0.25) is 0 Å². The predicted octanol–water partition coefficient (Wildman–Crippen LogP) is 6.96. The Morgan fingerprint density at radius 2 is 1.54 bits per heavy atom. The van der Waals surface area contributed by atoms with Crippen molar-refractivity contribution in [1.82, 2.24) is 0 Å². The largest absolute Gasteiger partial charge is 0.492 e. The minimum atomic E-state index is -0.804. The van der Waals surface area contributed by atoms with E-state index >= 15 is 0 Å². The fourth-order valence-corrected chi connectivity index (χ4v) is 5.25. The molecule has 8 nitrogen and oxygen atoms in total. The summed E-state index contributed by atoms with van der Waals surface area (Å²) in [5.74, 6) is -0.221. The molecule has 1 aromatic heterocycles. The third-order valence-corrected chi connectivity index (χ3v) is 7.12. The van der Waals surface area contributed by atoms with Gasteiger partial charge in [-0.2, -0.15) is 0 Å². The zero-order valence-electron chi connectivity index (χ0n) is 23.4. The van der Waals surface area contributed by atoms with Crippen LogP contribution in [0.15, 0.2) is 78.9 Å². The number of hydrogen-bond acceptors (Lipinski definition) is 7. The molecule has 0 aliphatic heterocycles. The topological polar surface area (TPSA) is 103 Å². The SMILES string of the molecule is CCOC(=O)c1c(NC(=O)c2ccc(OC(C)C(=O)Nc3ccccc3OCC)cc2)sc(C)c1-c1ccccc1. The lowest BCUT2D eigenvalue weighted by Gasteiger charge is -2.16. The maximum atomic E-state index is 13.2. The summed E-state index contributed by atoms with van der Waals surface area (Å²) in [7, 11) is 0. The van der Waals surface area contributed by atoms with Crippen molar-refractivity contribution >= 4 is 39.8 Å². The number of esters is 1. The van der Waals surface area contributed by atoms with Crippen LogP contribution in [0.1, 0.15) is 46.4 Å². The van der Waals surface area contributed by atoms with Gasteiger partial charge in [-0.05, 0) is 69.7 Å². The van der Waals surface area contributed by atoms with Crippen LogP contribution in [0.5, 0.6) is 11.5 Å². The number of aryl methyl sites for hydroxylation is 1. The van der Waals surface area contributed by atoms with E-state index in [2.05, 4.69) is 10.6 Å². The Labute approximate surface area is 243 Å². The molecule has 1 unspecified atom stereocenters. The number of carbonyl (C=O) groups excluding carboxylic acids is 3. The number of amides is 2. The second-order valence-electron chi connectivity index (χ2n) is 8.98. The van der Waals surface area contributed by atoms with Gasteiger partial charge >= 0.3 is 5.97 Å². The Morgan fingerprint density at radius 3 is 2.22 bits per heavy atom. The van der Waals surface area contributed by atoms with Gasteiger partial charge in [0.05, 0.1) is 18.9 Å². The Hall–Kier alpha value is -4.63. The van der Waals surface area contributed by atoms with E-state index < -0.39 is 12.1 Å². The minimum absolute atomic E-state index is 0.215. The van der Waals surface area contributed by atoms with Gasteiger partial charge in [-0.1, -0.05) is 42.5 Å². The van der Waals surface area contributed by atoms with Crippen molar-refractivity contribution in [1.29, 1.82) is 0 Å². The van der Waals surface area contributed by atoms with Gasteiger partial charge in [-0.25, -0.2) is 4.79 Å². The Balaban J connectivity index is 1.46. The Morgan fingerprint density at radius 1 is 0.854 bits per heavy atom. The molecule has 2 amide bonds. The van der Waals surface area contributed by atoms with Crippen molar-refractivity contribution in [3.8, 4) is 22.6 Å². The number of hydrogen-bond donors (Lipinski definition) is 2. The summed E-state index contributed by atoms with van der Waals surface area (Å²) in [6.07, 6.45) is -0.804. The first-order valence-electron chi connectivity index (χ1n) is 13.3. The molecule has 41 heavy (non-hydrogen) atoms. The van der Waals surface area contributed by atoms with Crippen molar-refractivity contribution in [2.75, 3.05) is 23.8 Å². The van der Waals surface area contributed by atoms with Crippen LogP contribution in [-0.4, -0.2) is 37.1 Å². The first kappa shape index (κ1) is 29.4. The molecular formula is C32H32N2O6S. The van der Waals surface area contributed by atoms with Gasteiger partial charge in [0.15, 0.2) is 6.10 Å². The van der Waals surface area contributed by atoms with Crippen LogP contribution >= 0.6 is 11.3 Å². The summed E-state index contributed by atoms with van der Waals surface area (Å²) in [5.41, 5.74) is 2.86. The van der Waals surface area contributed by atoms with E-state index in [0.717, 1.165) is 16.0 Å². The lowest BCUT2D eigenvalue weighted by atomic mass is 10.0. The smallest absolute Gasteiger partial charge is 0.341 e. The van der Waals surface area contributed by atoms with E-state index in [1.54, 1.807) is 50.2 Å². The van der Waals surface area contributed by atoms with E-state index in [1.165, 1.54) is 11.3 Å². The maximum Gasteiger partial charge on any atom is 0.341 e. The van der Waals surface area contributed by atoms with Crippen LogP contribution in [0.3, 0.4) is 0 Å². The summed E-state index contributed by atoms with van der Waals surface area (Å²) < 4.78 is 16.7. The number of para-hydroxylation sites is 2. The summed E-state index contributed by atoms with van der Waals surface area (Å²) in [5, 5.41) is 6.12. The number of carbonyl (C=O) groups is 3. The lowest BCUT2D eigenvalue weighted by Crippen LogP contribution is -2.30. The number of benzene rings is 3. The maximum absolute atomic E-state index is 13.2. The summed E-state index contributed by atoms with van der Waals surface area (Å²) in [6.45, 7) is 7.85. The third kappa shape index (κ3) is 7.12. The summed E-state index contributed by atoms with van der Waals surface area (Å²) in [4.78, 5) is 39.7. The number of nitrogens with one attached hydrogen (secondary N) is 2. The monoisotopic (exact) mass is 572 g/mol. The molecule has 0 aliphatic rings. The average molecular weight is 573 g/mol. The molecule has 1 atom stereocenters. The van der Waals surface area contributed by atoms with Crippen molar-refractivity contribution in [3.63, 3.8) is 0 Å². The van der Waals surface area contributed by atoms with Crippen LogP contribution in [0, 0.1) is 6.92 Å². The van der Waals surface area contributed by atoms with E-state index in [1.807, 2.05) is 56.3 Å². The molecule has 0 radical (unpaired) electrons. The quantitative estimate of drug-likeness (QED) is 0.188. The van der Waals surface area contributed by atoms with E-state index in [0.29, 0.717) is 39.9 Å². The molecule has 9 heteroatoms. The molecule has 0 bridgehead atoms. The summed E-state index contributed by atoms with van der Waals surface area (Å²) >= 11 is 1.32. The van der Waals surface area contributed by atoms with Crippen LogP contribution in [-0.2, 0) is 9.53 Å².